The van der Waals surface area contributed by atoms with Gasteiger partial charge in [0.1, 0.15) is 0 Å². The first-order chi connectivity index (χ1) is 6.87. The smallest absolute Gasteiger partial charge is 0.0701 e. The van der Waals surface area contributed by atoms with Crippen LogP contribution in [-0.4, -0.2) is 18.2 Å². The quantitative estimate of drug-likeness (QED) is 0.925. The number of ether oxygens (including phenoxy) is 1. The molecule has 2 N–H and O–H groups in total. The third-order valence-electron chi connectivity index (χ3n) is 1.82. The topological polar surface area (TPSA) is 35.2 Å². The van der Waals surface area contributed by atoms with E-state index in [1.165, 1.54) is 4.88 Å². The summed E-state index contributed by atoms with van der Waals surface area (Å²) >= 11 is 5.17. The third-order valence-corrected chi connectivity index (χ3v) is 3.47. The first kappa shape index (κ1) is 13.2. The van der Waals surface area contributed by atoms with Gasteiger partial charge in [0.2, 0.25) is 0 Å². The number of hydrogen-bond acceptors (Lipinski definition) is 3. The zero-order valence-corrected chi connectivity index (χ0v) is 11.8. The molecule has 0 radical (unpaired) electrons. The van der Waals surface area contributed by atoms with Gasteiger partial charge in [0.15, 0.2) is 0 Å². The summed E-state index contributed by atoms with van der Waals surface area (Å²) in [6.07, 6.45) is 0.881. The highest BCUT2D eigenvalue weighted by Crippen LogP contribution is 2.23. The summed E-state index contributed by atoms with van der Waals surface area (Å²) in [7, 11) is 0. The fraction of sp³-hybridized carbons (Fsp3) is 0.636. The highest BCUT2D eigenvalue weighted by atomic mass is 79.9. The molecule has 1 heterocycles. The Bertz CT molecular complexity index is 306. The predicted octanol–water partition coefficient (Wildman–Crippen LogP) is 3.20. The van der Waals surface area contributed by atoms with Crippen LogP contribution in [0, 0.1) is 0 Å². The minimum atomic E-state index is -0.104. The van der Waals surface area contributed by atoms with E-state index >= 15 is 0 Å². The van der Waals surface area contributed by atoms with Crippen molar-refractivity contribution in [1.82, 2.24) is 0 Å². The molecule has 0 aromatic carbocycles. The number of halogens is 1. The third kappa shape index (κ3) is 5.66. The van der Waals surface area contributed by atoms with E-state index in [4.69, 9.17) is 10.5 Å². The molecular formula is C11H18BrNOS. The maximum absolute atomic E-state index is 5.99. The molecule has 0 saturated carbocycles. The second-order valence-corrected chi connectivity index (χ2v) is 7.14. The van der Waals surface area contributed by atoms with Gasteiger partial charge in [-0.3, -0.25) is 0 Å². The van der Waals surface area contributed by atoms with Crippen molar-refractivity contribution in [2.24, 2.45) is 5.73 Å². The van der Waals surface area contributed by atoms with Gasteiger partial charge < -0.3 is 10.5 Å². The molecule has 0 aliphatic heterocycles. The molecule has 0 aliphatic carbocycles. The van der Waals surface area contributed by atoms with Gasteiger partial charge in [-0.05, 0) is 55.3 Å². The van der Waals surface area contributed by atoms with Gasteiger partial charge >= 0.3 is 0 Å². The first-order valence-corrected chi connectivity index (χ1v) is 6.61. The van der Waals surface area contributed by atoms with E-state index in [1.807, 2.05) is 20.8 Å². The van der Waals surface area contributed by atoms with E-state index in [0.29, 0.717) is 6.61 Å². The molecule has 1 rings (SSSR count). The zero-order chi connectivity index (χ0) is 11.5. The number of rotatable bonds is 4. The van der Waals surface area contributed by atoms with Gasteiger partial charge in [0, 0.05) is 10.9 Å². The standard InChI is InChI=1S/C11H18BrNOS/c1-11(2,3)14-7-8(13)6-9-4-5-10(12)15-9/h4-5,8H,6-7,13H2,1-3H3. The van der Waals surface area contributed by atoms with Crippen molar-refractivity contribution in [2.75, 3.05) is 6.61 Å². The summed E-state index contributed by atoms with van der Waals surface area (Å²) in [5, 5.41) is 0. The molecular weight excluding hydrogens is 274 g/mol. The van der Waals surface area contributed by atoms with Crippen molar-refractivity contribution in [3.05, 3.63) is 20.8 Å². The van der Waals surface area contributed by atoms with Crippen molar-refractivity contribution in [1.29, 1.82) is 0 Å². The summed E-state index contributed by atoms with van der Waals surface area (Å²) in [5.74, 6) is 0. The molecule has 1 unspecified atom stereocenters. The molecule has 1 aromatic rings. The van der Waals surface area contributed by atoms with Crippen LogP contribution in [0.25, 0.3) is 0 Å². The maximum Gasteiger partial charge on any atom is 0.0701 e. The molecule has 0 saturated heterocycles. The number of hydrogen-bond donors (Lipinski definition) is 1. The van der Waals surface area contributed by atoms with Crippen LogP contribution < -0.4 is 5.73 Å². The van der Waals surface area contributed by atoms with Crippen LogP contribution in [0.5, 0.6) is 0 Å². The zero-order valence-electron chi connectivity index (χ0n) is 9.42. The van der Waals surface area contributed by atoms with Gasteiger partial charge in [-0.1, -0.05) is 0 Å². The summed E-state index contributed by atoms with van der Waals surface area (Å²) < 4.78 is 6.79. The summed E-state index contributed by atoms with van der Waals surface area (Å²) in [4.78, 5) is 1.30. The van der Waals surface area contributed by atoms with E-state index in [9.17, 15) is 0 Å². The first-order valence-electron chi connectivity index (χ1n) is 5.00. The second-order valence-electron chi connectivity index (χ2n) is 4.59. The monoisotopic (exact) mass is 291 g/mol. The average Bonchev–Trinajstić information content (AvgIpc) is 2.47. The SMILES string of the molecule is CC(C)(C)OCC(N)Cc1ccc(Br)s1. The molecule has 15 heavy (non-hydrogen) atoms. The Balaban J connectivity index is 2.33. The lowest BCUT2D eigenvalue weighted by Crippen LogP contribution is -2.33. The highest BCUT2D eigenvalue weighted by Gasteiger charge is 2.13. The molecule has 1 atom stereocenters. The van der Waals surface area contributed by atoms with Crippen LogP contribution in [0.15, 0.2) is 15.9 Å². The van der Waals surface area contributed by atoms with Gasteiger partial charge in [0.05, 0.1) is 16.0 Å². The van der Waals surface area contributed by atoms with Crippen LogP contribution in [0.2, 0.25) is 0 Å². The highest BCUT2D eigenvalue weighted by molar-refractivity contribution is 9.11. The predicted molar refractivity (Wildman–Crippen MR) is 69.4 cm³/mol. The van der Waals surface area contributed by atoms with E-state index < -0.39 is 0 Å². The minimum Gasteiger partial charge on any atom is -0.374 e. The average molecular weight is 292 g/mol. The largest absolute Gasteiger partial charge is 0.374 e. The molecule has 0 aliphatic rings. The Kier molecular flexibility index (Phi) is 4.77. The lowest BCUT2D eigenvalue weighted by Gasteiger charge is -2.22. The van der Waals surface area contributed by atoms with Crippen LogP contribution in [0.4, 0.5) is 0 Å². The number of thiophene rings is 1. The van der Waals surface area contributed by atoms with Crippen molar-refractivity contribution < 1.29 is 4.74 Å². The molecule has 0 spiro atoms. The Morgan fingerprint density at radius 1 is 1.47 bits per heavy atom. The van der Waals surface area contributed by atoms with E-state index in [-0.39, 0.29) is 11.6 Å². The van der Waals surface area contributed by atoms with Crippen molar-refractivity contribution >= 4 is 27.3 Å². The maximum atomic E-state index is 5.99. The van der Waals surface area contributed by atoms with Gasteiger partial charge in [0.25, 0.3) is 0 Å². The Labute approximate surface area is 104 Å². The fourth-order valence-corrected chi connectivity index (χ4v) is 2.71. The number of nitrogens with two attached hydrogens (primary N) is 1. The van der Waals surface area contributed by atoms with E-state index in [1.54, 1.807) is 11.3 Å². The molecule has 0 bridgehead atoms. The summed E-state index contributed by atoms with van der Waals surface area (Å²) in [6, 6.07) is 4.23. The van der Waals surface area contributed by atoms with Crippen LogP contribution >= 0.6 is 27.3 Å². The normalized spacial score (nSPS) is 14.2. The van der Waals surface area contributed by atoms with Crippen LogP contribution in [0.1, 0.15) is 25.6 Å². The molecule has 4 heteroatoms. The molecule has 0 fully saturated rings. The Hall–Kier alpha value is 0.1000. The lowest BCUT2D eigenvalue weighted by molar-refractivity contribution is -0.00975. The Morgan fingerprint density at radius 2 is 2.13 bits per heavy atom. The van der Waals surface area contributed by atoms with Gasteiger partial charge in [-0.15, -0.1) is 11.3 Å². The molecule has 0 amide bonds. The van der Waals surface area contributed by atoms with Crippen LogP contribution in [0.3, 0.4) is 0 Å². The molecule has 86 valence electrons. The van der Waals surface area contributed by atoms with Gasteiger partial charge in [-0.2, -0.15) is 0 Å². The van der Waals surface area contributed by atoms with Crippen molar-refractivity contribution in [3.8, 4) is 0 Å². The van der Waals surface area contributed by atoms with Crippen molar-refractivity contribution in [3.63, 3.8) is 0 Å². The van der Waals surface area contributed by atoms with Crippen molar-refractivity contribution in [2.45, 2.75) is 38.8 Å². The molecule has 2 nitrogen and oxygen atoms in total. The van der Waals surface area contributed by atoms with Gasteiger partial charge in [-0.25, -0.2) is 0 Å². The van der Waals surface area contributed by atoms with E-state index in [2.05, 4.69) is 28.1 Å². The minimum absolute atomic E-state index is 0.0785. The Morgan fingerprint density at radius 3 is 2.60 bits per heavy atom. The fourth-order valence-electron chi connectivity index (χ4n) is 1.14. The lowest BCUT2D eigenvalue weighted by atomic mass is 10.1. The van der Waals surface area contributed by atoms with E-state index in [0.717, 1.165) is 10.2 Å². The second kappa shape index (κ2) is 5.43. The van der Waals surface area contributed by atoms with Crippen LogP contribution in [-0.2, 0) is 11.2 Å². The summed E-state index contributed by atoms with van der Waals surface area (Å²) in [5.41, 5.74) is 5.89. The summed E-state index contributed by atoms with van der Waals surface area (Å²) in [6.45, 7) is 6.74. The molecule has 1 aromatic heterocycles.